The van der Waals surface area contributed by atoms with Gasteiger partial charge in [0.2, 0.25) is 0 Å². The first-order valence-corrected chi connectivity index (χ1v) is 9.00. The third-order valence-corrected chi connectivity index (χ3v) is 4.53. The third-order valence-electron chi connectivity index (χ3n) is 4.53. The van der Waals surface area contributed by atoms with Crippen molar-refractivity contribution in [2.24, 2.45) is 0 Å². The zero-order valence-corrected chi connectivity index (χ0v) is 14.9. The van der Waals surface area contributed by atoms with Gasteiger partial charge in [0.25, 0.3) is 0 Å². The van der Waals surface area contributed by atoms with E-state index in [0.29, 0.717) is 0 Å². The van der Waals surface area contributed by atoms with Gasteiger partial charge in [0.1, 0.15) is 0 Å². The second-order valence-corrected chi connectivity index (χ2v) is 6.08. The van der Waals surface area contributed by atoms with E-state index in [2.05, 4.69) is 36.2 Å². The predicted octanol–water partition coefficient (Wildman–Crippen LogP) is 3.78. The Labute approximate surface area is 146 Å². The molecule has 0 aromatic heterocycles. The van der Waals surface area contributed by atoms with E-state index < -0.39 is 6.10 Å². The van der Waals surface area contributed by atoms with Crippen molar-refractivity contribution in [1.29, 1.82) is 0 Å². The minimum Gasteiger partial charge on any atom is -0.386 e. The summed E-state index contributed by atoms with van der Waals surface area (Å²) in [6.07, 6.45) is 0.522. The van der Waals surface area contributed by atoms with Gasteiger partial charge >= 0.3 is 0 Å². The SMILES string of the molecule is CCN(CC)CCCN[C@@H](c1ccccc1)[C@@H](O)c1ccccc1. The average Bonchev–Trinajstić information content (AvgIpc) is 2.66. The molecule has 0 aliphatic carbocycles. The summed E-state index contributed by atoms with van der Waals surface area (Å²) in [5.74, 6) is 0. The highest BCUT2D eigenvalue weighted by molar-refractivity contribution is 5.26. The maximum Gasteiger partial charge on any atom is 0.0984 e. The lowest BCUT2D eigenvalue weighted by atomic mass is 9.95. The first kappa shape index (κ1) is 18.7. The van der Waals surface area contributed by atoms with Crippen LogP contribution in [-0.2, 0) is 0 Å². The van der Waals surface area contributed by atoms with Crippen molar-refractivity contribution in [3.8, 4) is 0 Å². The summed E-state index contributed by atoms with van der Waals surface area (Å²) in [6.45, 7) is 8.55. The normalized spacial score (nSPS) is 13.8. The summed E-state index contributed by atoms with van der Waals surface area (Å²) in [5, 5.41) is 14.4. The standard InChI is InChI=1S/C21H30N2O/c1-3-23(4-2)17-11-16-22-20(18-12-7-5-8-13-18)21(24)19-14-9-6-10-15-19/h5-10,12-15,20-22,24H,3-4,11,16-17H2,1-2H3/t20-,21-/m0/s1. The van der Waals surface area contributed by atoms with Crippen LogP contribution in [0.3, 0.4) is 0 Å². The van der Waals surface area contributed by atoms with Crippen LogP contribution in [0.1, 0.15) is 43.5 Å². The average molecular weight is 326 g/mol. The molecule has 0 spiro atoms. The lowest BCUT2D eigenvalue weighted by Crippen LogP contribution is -2.31. The van der Waals surface area contributed by atoms with Crippen LogP contribution >= 0.6 is 0 Å². The van der Waals surface area contributed by atoms with Crippen LogP contribution in [0.5, 0.6) is 0 Å². The summed E-state index contributed by atoms with van der Waals surface area (Å²) in [7, 11) is 0. The van der Waals surface area contributed by atoms with Gasteiger partial charge < -0.3 is 15.3 Å². The van der Waals surface area contributed by atoms with Gasteiger partial charge in [-0.25, -0.2) is 0 Å². The Morgan fingerprint density at radius 2 is 1.42 bits per heavy atom. The molecule has 0 bridgehead atoms. The Hall–Kier alpha value is -1.68. The van der Waals surface area contributed by atoms with Gasteiger partial charge in [-0.15, -0.1) is 0 Å². The molecule has 0 radical (unpaired) electrons. The predicted molar refractivity (Wildman–Crippen MR) is 101 cm³/mol. The summed E-state index contributed by atoms with van der Waals surface area (Å²) < 4.78 is 0. The smallest absolute Gasteiger partial charge is 0.0984 e. The van der Waals surface area contributed by atoms with E-state index in [0.717, 1.165) is 43.7 Å². The van der Waals surface area contributed by atoms with Crippen LogP contribution in [0.4, 0.5) is 0 Å². The van der Waals surface area contributed by atoms with Crippen molar-refractivity contribution in [1.82, 2.24) is 10.2 Å². The second-order valence-electron chi connectivity index (χ2n) is 6.08. The Morgan fingerprint density at radius 3 is 1.96 bits per heavy atom. The first-order valence-electron chi connectivity index (χ1n) is 9.00. The fourth-order valence-corrected chi connectivity index (χ4v) is 3.01. The van der Waals surface area contributed by atoms with E-state index in [4.69, 9.17) is 0 Å². The van der Waals surface area contributed by atoms with Crippen molar-refractivity contribution in [3.05, 3.63) is 71.8 Å². The number of nitrogens with zero attached hydrogens (tertiary/aromatic N) is 1. The topological polar surface area (TPSA) is 35.5 Å². The number of rotatable bonds is 10. The molecule has 0 aliphatic rings. The van der Waals surface area contributed by atoms with Crippen molar-refractivity contribution in [2.45, 2.75) is 32.4 Å². The molecule has 0 heterocycles. The van der Waals surface area contributed by atoms with Gasteiger partial charge in [0, 0.05) is 0 Å². The molecule has 0 fully saturated rings. The van der Waals surface area contributed by atoms with E-state index in [1.165, 1.54) is 0 Å². The van der Waals surface area contributed by atoms with Gasteiger partial charge in [-0.3, -0.25) is 0 Å². The molecule has 2 rings (SSSR count). The lowest BCUT2D eigenvalue weighted by Gasteiger charge is -2.26. The summed E-state index contributed by atoms with van der Waals surface area (Å²) in [6, 6.07) is 20.0. The highest BCUT2D eigenvalue weighted by Gasteiger charge is 2.21. The quantitative estimate of drug-likeness (QED) is 0.652. The number of aliphatic hydroxyl groups is 1. The number of hydrogen-bond donors (Lipinski definition) is 2. The molecule has 0 aliphatic heterocycles. The molecule has 24 heavy (non-hydrogen) atoms. The minimum absolute atomic E-state index is 0.0923. The molecule has 2 aromatic carbocycles. The minimum atomic E-state index is -0.554. The summed E-state index contributed by atoms with van der Waals surface area (Å²) in [5.41, 5.74) is 2.07. The maximum atomic E-state index is 10.9. The molecule has 2 N–H and O–H groups in total. The van der Waals surface area contributed by atoms with Gasteiger partial charge in [0.15, 0.2) is 0 Å². The van der Waals surface area contributed by atoms with Crippen molar-refractivity contribution in [2.75, 3.05) is 26.2 Å². The largest absolute Gasteiger partial charge is 0.386 e. The highest BCUT2D eigenvalue weighted by atomic mass is 16.3. The Kier molecular flexibility index (Phi) is 7.96. The molecule has 2 atom stereocenters. The van der Waals surface area contributed by atoms with Crippen LogP contribution in [-0.4, -0.2) is 36.2 Å². The third kappa shape index (κ3) is 5.45. The Balaban J connectivity index is 2.01. The molecule has 0 saturated heterocycles. The summed E-state index contributed by atoms with van der Waals surface area (Å²) in [4.78, 5) is 2.42. The number of aliphatic hydroxyl groups excluding tert-OH is 1. The van der Waals surface area contributed by atoms with Gasteiger partial charge in [-0.2, -0.15) is 0 Å². The van der Waals surface area contributed by atoms with E-state index in [1.807, 2.05) is 48.5 Å². The molecule has 0 saturated carbocycles. The van der Waals surface area contributed by atoms with Crippen molar-refractivity contribution in [3.63, 3.8) is 0 Å². The molecular weight excluding hydrogens is 296 g/mol. The number of hydrogen-bond acceptors (Lipinski definition) is 3. The lowest BCUT2D eigenvalue weighted by molar-refractivity contribution is 0.127. The van der Waals surface area contributed by atoms with Gasteiger partial charge in [-0.05, 0) is 43.7 Å². The van der Waals surface area contributed by atoms with Crippen LogP contribution in [0.25, 0.3) is 0 Å². The zero-order valence-electron chi connectivity index (χ0n) is 14.9. The monoisotopic (exact) mass is 326 g/mol. The number of nitrogens with one attached hydrogen (secondary N) is 1. The van der Waals surface area contributed by atoms with E-state index in [1.54, 1.807) is 0 Å². The van der Waals surface area contributed by atoms with Crippen molar-refractivity contribution < 1.29 is 5.11 Å². The Bertz CT molecular complexity index is 555. The van der Waals surface area contributed by atoms with E-state index in [9.17, 15) is 5.11 Å². The molecule has 3 nitrogen and oxygen atoms in total. The molecule has 0 amide bonds. The van der Waals surface area contributed by atoms with Crippen LogP contribution in [0, 0.1) is 0 Å². The van der Waals surface area contributed by atoms with Gasteiger partial charge in [-0.1, -0.05) is 74.5 Å². The van der Waals surface area contributed by atoms with Crippen LogP contribution in [0.15, 0.2) is 60.7 Å². The molecular formula is C21H30N2O. The second kappa shape index (κ2) is 10.2. The van der Waals surface area contributed by atoms with Crippen LogP contribution < -0.4 is 5.32 Å². The summed E-state index contributed by atoms with van der Waals surface area (Å²) >= 11 is 0. The van der Waals surface area contributed by atoms with E-state index in [-0.39, 0.29) is 6.04 Å². The molecule has 0 unspecified atom stereocenters. The van der Waals surface area contributed by atoms with E-state index >= 15 is 0 Å². The maximum absolute atomic E-state index is 10.9. The first-order chi connectivity index (χ1) is 11.8. The fourth-order valence-electron chi connectivity index (χ4n) is 3.01. The molecule has 2 aromatic rings. The molecule has 3 heteroatoms. The highest BCUT2D eigenvalue weighted by Crippen LogP contribution is 2.28. The van der Waals surface area contributed by atoms with Gasteiger partial charge in [0.05, 0.1) is 12.1 Å². The zero-order chi connectivity index (χ0) is 17.2. The number of benzene rings is 2. The fraction of sp³-hybridized carbons (Fsp3) is 0.429. The van der Waals surface area contributed by atoms with Crippen LogP contribution in [0.2, 0.25) is 0 Å². The van der Waals surface area contributed by atoms with Crippen molar-refractivity contribution >= 4 is 0 Å². The molecule has 130 valence electrons. The Morgan fingerprint density at radius 1 is 0.875 bits per heavy atom.